The first kappa shape index (κ1) is 28.2. The van der Waals surface area contributed by atoms with Gasteiger partial charge in [0.25, 0.3) is 5.56 Å². The summed E-state index contributed by atoms with van der Waals surface area (Å²) in [5.41, 5.74) is 6.68. The SMILES string of the molecule is Cn1c(NCC2CCCCC2)nc2c(c1=O)N(Cc1ccccc1)C(N1CCCC(N)C1)N2OC(=O)C(F)(F)F. The molecule has 10 nitrogen and oxygen atoms in total. The Labute approximate surface area is 230 Å². The fraction of sp³-hybridized carbons (Fsp3) is 0.593. The van der Waals surface area contributed by atoms with Crippen LogP contribution in [0.5, 0.6) is 0 Å². The molecule has 1 aliphatic carbocycles. The van der Waals surface area contributed by atoms with Gasteiger partial charge in [-0.05, 0) is 37.2 Å². The molecular formula is C27H36F3N7O3. The summed E-state index contributed by atoms with van der Waals surface area (Å²) < 4.78 is 41.7. The molecule has 2 fully saturated rings. The highest BCUT2D eigenvalue weighted by molar-refractivity contribution is 5.80. The van der Waals surface area contributed by atoms with Crippen molar-refractivity contribution in [3.63, 3.8) is 0 Å². The summed E-state index contributed by atoms with van der Waals surface area (Å²) in [5.74, 6) is -1.90. The van der Waals surface area contributed by atoms with Crippen molar-refractivity contribution in [3.8, 4) is 0 Å². The molecular weight excluding hydrogens is 527 g/mol. The minimum Gasteiger partial charge on any atom is -0.355 e. The Morgan fingerprint density at radius 3 is 2.52 bits per heavy atom. The van der Waals surface area contributed by atoms with Gasteiger partial charge in [0.2, 0.25) is 11.8 Å². The van der Waals surface area contributed by atoms with Crippen LogP contribution in [0.1, 0.15) is 50.5 Å². The van der Waals surface area contributed by atoms with Crippen LogP contribution in [0.25, 0.3) is 0 Å². The average molecular weight is 564 g/mol. The van der Waals surface area contributed by atoms with Gasteiger partial charge in [-0.3, -0.25) is 14.3 Å². The second kappa shape index (κ2) is 11.7. The number of benzene rings is 1. The Morgan fingerprint density at radius 2 is 1.85 bits per heavy atom. The number of likely N-dealkylation sites (tertiary alicyclic amines) is 1. The average Bonchev–Trinajstić information content (AvgIpc) is 3.22. The fourth-order valence-electron chi connectivity index (χ4n) is 5.89. The van der Waals surface area contributed by atoms with Crippen molar-refractivity contribution in [1.82, 2.24) is 14.5 Å². The number of rotatable bonds is 7. The first-order valence-corrected chi connectivity index (χ1v) is 13.9. The summed E-state index contributed by atoms with van der Waals surface area (Å²) in [7, 11) is 1.58. The maximum atomic E-state index is 13.9. The van der Waals surface area contributed by atoms with E-state index in [0.717, 1.165) is 42.7 Å². The predicted molar refractivity (Wildman–Crippen MR) is 144 cm³/mol. The molecule has 0 radical (unpaired) electrons. The molecule has 3 N–H and O–H groups in total. The van der Waals surface area contributed by atoms with E-state index in [-0.39, 0.29) is 30.0 Å². The van der Waals surface area contributed by atoms with Crippen LogP contribution in [0.4, 0.5) is 30.6 Å². The number of halogens is 3. The molecule has 2 unspecified atom stereocenters. The molecule has 0 spiro atoms. The predicted octanol–water partition coefficient (Wildman–Crippen LogP) is 3.33. The van der Waals surface area contributed by atoms with Crippen LogP contribution in [0.15, 0.2) is 35.1 Å². The number of piperidine rings is 1. The summed E-state index contributed by atoms with van der Waals surface area (Å²) in [6, 6.07) is 9.04. The minimum absolute atomic E-state index is 0.0636. The Bertz CT molecular complexity index is 1250. The summed E-state index contributed by atoms with van der Waals surface area (Å²) in [4.78, 5) is 39.2. The fourth-order valence-corrected chi connectivity index (χ4v) is 5.89. The van der Waals surface area contributed by atoms with Gasteiger partial charge in [-0.15, -0.1) is 5.06 Å². The molecule has 2 atom stereocenters. The number of carbonyl (C=O) groups is 1. The van der Waals surface area contributed by atoms with Gasteiger partial charge in [-0.2, -0.15) is 18.2 Å². The molecule has 13 heteroatoms. The largest absolute Gasteiger partial charge is 0.493 e. The van der Waals surface area contributed by atoms with Gasteiger partial charge in [0.15, 0.2) is 12.0 Å². The third kappa shape index (κ3) is 5.90. The molecule has 2 aliphatic heterocycles. The van der Waals surface area contributed by atoms with Crippen LogP contribution in [0, 0.1) is 5.92 Å². The minimum atomic E-state index is -5.24. The molecule has 40 heavy (non-hydrogen) atoms. The smallest absolute Gasteiger partial charge is 0.355 e. The maximum Gasteiger partial charge on any atom is 0.493 e. The highest BCUT2D eigenvalue weighted by Gasteiger charge is 2.50. The van der Waals surface area contributed by atoms with E-state index in [4.69, 9.17) is 10.6 Å². The number of nitrogens with two attached hydrogens (primary N) is 1. The van der Waals surface area contributed by atoms with Crippen LogP contribution in [0.2, 0.25) is 0 Å². The molecule has 2 aromatic rings. The van der Waals surface area contributed by atoms with Gasteiger partial charge in [0.1, 0.15) is 0 Å². The van der Waals surface area contributed by atoms with Gasteiger partial charge in [0, 0.05) is 39.3 Å². The number of carbonyl (C=O) groups excluding carboxylic acids is 1. The number of anilines is 3. The van der Waals surface area contributed by atoms with Crippen LogP contribution >= 0.6 is 0 Å². The van der Waals surface area contributed by atoms with Crippen molar-refractivity contribution in [2.45, 2.75) is 70.0 Å². The Hall–Kier alpha value is -3.32. The van der Waals surface area contributed by atoms with Gasteiger partial charge < -0.3 is 20.8 Å². The topological polar surface area (TPSA) is 109 Å². The molecule has 1 saturated carbocycles. The number of alkyl halides is 3. The lowest BCUT2D eigenvalue weighted by atomic mass is 9.89. The van der Waals surface area contributed by atoms with E-state index in [1.807, 2.05) is 35.2 Å². The summed E-state index contributed by atoms with van der Waals surface area (Å²) in [6.45, 7) is 1.59. The lowest BCUT2D eigenvalue weighted by Gasteiger charge is -2.42. The zero-order chi connectivity index (χ0) is 28.4. The van der Waals surface area contributed by atoms with Crippen LogP contribution in [0.3, 0.4) is 0 Å². The highest BCUT2D eigenvalue weighted by Crippen LogP contribution is 2.40. The Kier molecular flexibility index (Phi) is 8.22. The van der Waals surface area contributed by atoms with Crippen LogP contribution in [-0.4, -0.2) is 58.6 Å². The quantitative estimate of drug-likeness (QED) is 0.524. The summed E-state index contributed by atoms with van der Waals surface area (Å²) >= 11 is 0. The number of fused-ring (bicyclic) bond motifs is 1. The van der Waals surface area contributed by atoms with Crippen molar-refractivity contribution < 1.29 is 22.8 Å². The number of hydrogen-bond donors (Lipinski definition) is 2. The van der Waals surface area contributed by atoms with E-state index in [9.17, 15) is 22.8 Å². The third-order valence-electron chi connectivity index (χ3n) is 7.93. The molecule has 1 saturated heterocycles. The van der Waals surface area contributed by atoms with Gasteiger partial charge in [0.05, 0.1) is 0 Å². The first-order chi connectivity index (χ1) is 19.1. The lowest BCUT2D eigenvalue weighted by molar-refractivity contribution is -0.203. The van der Waals surface area contributed by atoms with E-state index in [0.29, 0.717) is 32.0 Å². The number of nitrogens with zero attached hydrogens (tertiary/aromatic N) is 5. The second-order valence-electron chi connectivity index (χ2n) is 10.9. The highest BCUT2D eigenvalue weighted by atomic mass is 19.4. The van der Waals surface area contributed by atoms with E-state index < -0.39 is 24.0 Å². The number of aromatic nitrogens is 2. The molecule has 1 aromatic heterocycles. The molecule has 0 amide bonds. The maximum absolute atomic E-state index is 13.9. The van der Waals surface area contributed by atoms with Gasteiger partial charge in [-0.25, -0.2) is 4.79 Å². The third-order valence-corrected chi connectivity index (χ3v) is 7.93. The van der Waals surface area contributed by atoms with E-state index >= 15 is 0 Å². The van der Waals surface area contributed by atoms with E-state index in [1.165, 1.54) is 11.0 Å². The van der Waals surface area contributed by atoms with Crippen molar-refractivity contribution in [2.75, 3.05) is 34.9 Å². The zero-order valence-electron chi connectivity index (χ0n) is 22.6. The Morgan fingerprint density at radius 1 is 1.12 bits per heavy atom. The molecule has 218 valence electrons. The summed E-state index contributed by atoms with van der Waals surface area (Å²) in [5, 5.41) is 4.08. The normalized spacial score (nSPS) is 22.3. The Balaban J connectivity index is 1.58. The van der Waals surface area contributed by atoms with Gasteiger partial charge >= 0.3 is 12.1 Å². The van der Waals surface area contributed by atoms with E-state index in [1.54, 1.807) is 11.9 Å². The number of hydroxylamine groups is 1. The molecule has 0 bridgehead atoms. The zero-order valence-corrected chi connectivity index (χ0v) is 22.6. The second-order valence-corrected chi connectivity index (χ2v) is 10.9. The molecule has 3 aliphatic rings. The monoisotopic (exact) mass is 563 g/mol. The number of nitrogens with one attached hydrogen (secondary N) is 1. The lowest BCUT2D eigenvalue weighted by Crippen LogP contribution is -2.60. The van der Waals surface area contributed by atoms with Crippen LogP contribution < -0.4 is 26.6 Å². The van der Waals surface area contributed by atoms with Crippen molar-refractivity contribution >= 4 is 23.4 Å². The summed E-state index contributed by atoms with van der Waals surface area (Å²) in [6.07, 6.45) is 0.771. The van der Waals surface area contributed by atoms with Crippen molar-refractivity contribution in [2.24, 2.45) is 18.7 Å². The van der Waals surface area contributed by atoms with E-state index in [2.05, 4.69) is 10.3 Å². The molecule has 5 rings (SSSR count). The standard InChI is InChI=1S/C27H36F3N7O3/c1-34-23(38)21-22(33-25(34)32-15-18-9-4-2-5-10-18)37(40-24(39)27(28,29)30)26(35-14-8-13-20(31)17-35)36(21)16-19-11-6-3-7-12-19/h3,6-7,11-12,18,20,26H,2,4-5,8-10,13-17,31H2,1H3,(H,32,33). The molecule has 3 heterocycles. The van der Waals surface area contributed by atoms with Crippen LogP contribution in [-0.2, 0) is 23.2 Å². The first-order valence-electron chi connectivity index (χ1n) is 13.9. The van der Waals surface area contributed by atoms with Gasteiger partial charge in [-0.1, -0.05) is 49.6 Å². The van der Waals surface area contributed by atoms with Crippen molar-refractivity contribution in [1.29, 1.82) is 0 Å². The number of hydrogen-bond acceptors (Lipinski definition) is 9. The molecule has 1 aromatic carbocycles. The van der Waals surface area contributed by atoms with Crippen molar-refractivity contribution in [3.05, 3.63) is 46.2 Å².